The van der Waals surface area contributed by atoms with Crippen LogP contribution in [0.1, 0.15) is 24.5 Å². The highest BCUT2D eigenvalue weighted by atomic mass is 19.1. The van der Waals surface area contributed by atoms with Crippen molar-refractivity contribution >= 4 is 5.97 Å². The molecule has 18 heavy (non-hydrogen) atoms. The van der Waals surface area contributed by atoms with E-state index in [-0.39, 0.29) is 12.1 Å². The van der Waals surface area contributed by atoms with Gasteiger partial charge in [0.2, 0.25) is 0 Å². The van der Waals surface area contributed by atoms with Crippen molar-refractivity contribution in [3.63, 3.8) is 0 Å². The number of hydrogen-bond donors (Lipinski definition) is 1. The molecule has 0 bridgehead atoms. The molecule has 5 heteroatoms. The predicted molar refractivity (Wildman–Crippen MR) is 64.3 cm³/mol. The third-order valence-electron chi connectivity index (χ3n) is 2.81. The lowest BCUT2D eigenvalue weighted by Gasteiger charge is -2.23. The van der Waals surface area contributed by atoms with Gasteiger partial charge in [-0.15, -0.1) is 0 Å². The topological polar surface area (TPSA) is 64.3 Å². The Bertz CT molecular complexity index is 482. The number of nitrogens with zero attached hydrogens (tertiary/aromatic N) is 2. The molecule has 0 aromatic heterocycles. The number of rotatable bonds is 5. The molecule has 1 aromatic rings. The van der Waals surface area contributed by atoms with Crippen molar-refractivity contribution in [1.82, 2.24) is 4.90 Å². The van der Waals surface area contributed by atoms with Gasteiger partial charge in [-0.25, -0.2) is 4.39 Å². The van der Waals surface area contributed by atoms with Crippen molar-refractivity contribution in [3.05, 3.63) is 35.1 Å². The zero-order valence-electron chi connectivity index (χ0n) is 10.4. The van der Waals surface area contributed by atoms with Gasteiger partial charge in [0.1, 0.15) is 11.9 Å². The van der Waals surface area contributed by atoms with Gasteiger partial charge in [0, 0.05) is 12.1 Å². The van der Waals surface area contributed by atoms with Crippen molar-refractivity contribution < 1.29 is 14.3 Å². The first-order valence-corrected chi connectivity index (χ1v) is 5.61. The van der Waals surface area contributed by atoms with Crippen molar-refractivity contribution in [2.24, 2.45) is 0 Å². The Balaban J connectivity index is 2.85. The average Bonchev–Trinajstić information content (AvgIpc) is 2.32. The van der Waals surface area contributed by atoms with Gasteiger partial charge in [0.25, 0.3) is 0 Å². The van der Waals surface area contributed by atoms with Crippen LogP contribution in [0.15, 0.2) is 18.2 Å². The van der Waals surface area contributed by atoms with Crippen LogP contribution in [0.4, 0.5) is 4.39 Å². The fraction of sp³-hybridized carbons (Fsp3) is 0.385. The van der Waals surface area contributed by atoms with Gasteiger partial charge in [0.15, 0.2) is 0 Å². The van der Waals surface area contributed by atoms with Crippen LogP contribution in [-0.2, 0) is 11.3 Å². The van der Waals surface area contributed by atoms with Crippen LogP contribution in [0.25, 0.3) is 0 Å². The zero-order chi connectivity index (χ0) is 13.7. The molecule has 1 aromatic carbocycles. The Labute approximate surface area is 105 Å². The van der Waals surface area contributed by atoms with Crippen LogP contribution < -0.4 is 0 Å². The first kappa shape index (κ1) is 14.1. The summed E-state index contributed by atoms with van der Waals surface area (Å²) in [6.45, 7) is 1.97. The van der Waals surface area contributed by atoms with Crippen molar-refractivity contribution in [3.8, 4) is 6.07 Å². The largest absolute Gasteiger partial charge is 0.480 e. The van der Waals surface area contributed by atoms with E-state index in [1.54, 1.807) is 18.9 Å². The number of carbonyl (C=O) groups is 1. The lowest BCUT2D eigenvalue weighted by Crippen LogP contribution is -2.37. The number of benzene rings is 1. The lowest BCUT2D eigenvalue weighted by atomic mass is 10.1. The summed E-state index contributed by atoms with van der Waals surface area (Å²) in [4.78, 5) is 12.5. The van der Waals surface area contributed by atoms with Crippen LogP contribution in [0.2, 0.25) is 0 Å². The molecular formula is C13H15FN2O2. The Hall–Kier alpha value is -1.93. The smallest absolute Gasteiger partial charge is 0.320 e. The minimum Gasteiger partial charge on any atom is -0.480 e. The van der Waals surface area contributed by atoms with E-state index in [2.05, 4.69) is 0 Å². The van der Waals surface area contributed by atoms with E-state index in [1.165, 1.54) is 12.1 Å². The maximum Gasteiger partial charge on any atom is 0.320 e. The number of carboxylic acids is 1. The summed E-state index contributed by atoms with van der Waals surface area (Å²) in [5, 5.41) is 17.6. The highest BCUT2D eigenvalue weighted by Gasteiger charge is 2.21. The molecule has 0 heterocycles. The fourth-order valence-corrected chi connectivity index (χ4v) is 1.80. The number of halogens is 1. The van der Waals surface area contributed by atoms with Gasteiger partial charge < -0.3 is 5.11 Å². The molecule has 0 aliphatic rings. The second-order valence-electron chi connectivity index (χ2n) is 4.10. The van der Waals surface area contributed by atoms with E-state index in [9.17, 15) is 9.18 Å². The molecule has 0 saturated heterocycles. The molecular weight excluding hydrogens is 235 g/mol. The summed E-state index contributed by atoms with van der Waals surface area (Å²) in [5.74, 6) is -1.41. The summed E-state index contributed by atoms with van der Waals surface area (Å²) in [5.41, 5.74) is 0.639. The van der Waals surface area contributed by atoms with E-state index in [1.807, 2.05) is 6.07 Å². The highest BCUT2D eigenvalue weighted by Crippen LogP contribution is 2.14. The number of carboxylic acid groups (broad SMARTS) is 1. The fourth-order valence-electron chi connectivity index (χ4n) is 1.80. The summed E-state index contributed by atoms with van der Waals surface area (Å²) >= 11 is 0. The summed E-state index contributed by atoms with van der Waals surface area (Å²) in [7, 11) is 1.64. The number of aliphatic carboxylic acids is 1. The van der Waals surface area contributed by atoms with E-state index < -0.39 is 17.8 Å². The summed E-state index contributed by atoms with van der Waals surface area (Å²) in [6.07, 6.45) is 0.448. The molecule has 0 radical (unpaired) electrons. The Morgan fingerprint density at radius 2 is 2.28 bits per heavy atom. The van der Waals surface area contributed by atoms with E-state index in [0.29, 0.717) is 12.0 Å². The van der Waals surface area contributed by atoms with Crippen molar-refractivity contribution in [2.45, 2.75) is 25.9 Å². The third-order valence-corrected chi connectivity index (χ3v) is 2.81. The SMILES string of the molecule is CCC(C(=O)O)N(C)Cc1ccc(C#N)cc1F. The second-order valence-corrected chi connectivity index (χ2v) is 4.10. The second kappa shape index (κ2) is 6.12. The predicted octanol–water partition coefficient (Wildman–Crippen LogP) is 1.99. The van der Waals surface area contributed by atoms with Gasteiger partial charge in [-0.05, 0) is 25.6 Å². The zero-order valence-corrected chi connectivity index (χ0v) is 10.4. The van der Waals surface area contributed by atoms with E-state index in [4.69, 9.17) is 10.4 Å². The van der Waals surface area contributed by atoms with E-state index in [0.717, 1.165) is 6.07 Å². The van der Waals surface area contributed by atoms with Crippen LogP contribution in [0.3, 0.4) is 0 Å². The number of nitriles is 1. The maximum absolute atomic E-state index is 13.6. The average molecular weight is 250 g/mol. The molecule has 0 fully saturated rings. The Kier molecular flexibility index (Phi) is 4.81. The molecule has 4 nitrogen and oxygen atoms in total. The van der Waals surface area contributed by atoms with E-state index >= 15 is 0 Å². The summed E-state index contributed by atoms with van der Waals surface area (Å²) < 4.78 is 13.6. The highest BCUT2D eigenvalue weighted by molar-refractivity contribution is 5.73. The third kappa shape index (κ3) is 3.28. The molecule has 1 atom stereocenters. The molecule has 1 unspecified atom stereocenters. The van der Waals surface area contributed by atoms with Gasteiger partial charge >= 0.3 is 5.97 Å². The van der Waals surface area contributed by atoms with Gasteiger partial charge in [0.05, 0.1) is 11.6 Å². The first-order valence-electron chi connectivity index (χ1n) is 5.61. The van der Waals surface area contributed by atoms with Gasteiger partial charge in [-0.3, -0.25) is 9.69 Å². The van der Waals surface area contributed by atoms with Crippen LogP contribution in [0.5, 0.6) is 0 Å². The molecule has 0 aliphatic carbocycles. The maximum atomic E-state index is 13.6. The van der Waals surface area contributed by atoms with Crippen molar-refractivity contribution in [2.75, 3.05) is 7.05 Å². The molecule has 0 spiro atoms. The molecule has 96 valence electrons. The monoisotopic (exact) mass is 250 g/mol. The molecule has 1 rings (SSSR count). The quantitative estimate of drug-likeness (QED) is 0.868. The van der Waals surface area contributed by atoms with Crippen LogP contribution in [-0.4, -0.2) is 29.1 Å². The molecule has 0 saturated carbocycles. The van der Waals surface area contributed by atoms with Crippen LogP contribution >= 0.6 is 0 Å². The Morgan fingerprint density at radius 1 is 1.61 bits per heavy atom. The number of hydrogen-bond acceptors (Lipinski definition) is 3. The van der Waals surface area contributed by atoms with Gasteiger partial charge in [-0.2, -0.15) is 5.26 Å². The van der Waals surface area contributed by atoms with Crippen LogP contribution in [0, 0.1) is 17.1 Å². The number of likely N-dealkylation sites (N-methyl/N-ethyl adjacent to an activating group) is 1. The molecule has 0 amide bonds. The lowest BCUT2D eigenvalue weighted by molar-refractivity contribution is -0.143. The normalized spacial score (nSPS) is 12.2. The first-order chi connectivity index (χ1) is 8.49. The molecule has 1 N–H and O–H groups in total. The van der Waals surface area contributed by atoms with Gasteiger partial charge in [-0.1, -0.05) is 13.0 Å². The Morgan fingerprint density at radius 3 is 2.72 bits per heavy atom. The minimum absolute atomic E-state index is 0.197. The minimum atomic E-state index is -0.922. The summed E-state index contributed by atoms with van der Waals surface area (Å²) in [6, 6.07) is 5.41. The molecule has 0 aliphatic heterocycles. The standard InChI is InChI=1S/C13H15FN2O2/c1-3-12(13(17)18)16(2)8-10-5-4-9(7-15)6-11(10)14/h4-6,12H,3,8H2,1-2H3,(H,17,18). The van der Waals surface area contributed by atoms with Crippen molar-refractivity contribution in [1.29, 1.82) is 5.26 Å².